The van der Waals surface area contributed by atoms with Gasteiger partial charge in [-0.15, -0.1) is 0 Å². The molecule has 1 aromatic heterocycles. The van der Waals surface area contributed by atoms with E-state index in [9.17, 15) is 0 Å². The molecule has 1 heterocycles. The molecule has 56 valence electrons. The average molecular weight is 137 g/mol. The van der Waals surface area contributed by atoms with Gasteiger partial charge in [-0.2, -0.15) is 0 Å². The summed E-state index contributed by atoms with van der Waals surface area (Å²) in [6, 6.07) is 2.17. The third-order valence-electron chi connectivity index (χ3n) is 1.87. The van der Waals surface area contributed by atoms with Crippen molar-refractivity contribution >= 4 is 0 Å². The molecule has 0 aliphatic heterocycles. The predicted molar refractivity (Wildman–Crippen MR) is 44.1 cm³/mol. The first-order chi connectivity index (χ1) is 4.84. The second-order valence-electron chi connectivity index (χ2n) is 2.73. The van der Waals surface area contributed by atoms with Crippen molar-refractivity contribution in [1.29, 1.82) is 0 Å². The van der Waals surface area contributed by atoms with Crippen LogP contribution in [0.5, 0.6) is 0 Å². The standard InChI is InChI=1S/C9H15N/c1-3-4-5-9-6-7-10-8(9)2/h6-7,10H,3-5H2,1-2H3. The van der Waals surface area contributed by atoms with E-state index in [1.807, 2.05) is 6.20 Å². The Morgan fingerprint density at radius 2 is 2.30 bits per heavy atom. The van der Waals surface area contributed by atoms with Crippen molar-refractivity contribution < 1.29 is 0 Å². The van der Waals surface area contributed by atoms with Crippen LogP contribution in [0.25, 0.3) is 0 Å². The third kappa shape index (κ3) is 1.63. The molecule has 0 radical (unpaired) electrons. The van der Waals surface area contributed by atoms with Gasteiger partial charge in [0.1, 0.15) is 0 Å². The first-order valence-electron chi connectivity index (χ1n) is 3.97. The molecule has 0 atom stereocenters. The SMILES string of the molecule is CCCCc1cc[nH]c1C. The average Bonchev–Trinajstić information content (AvgIpc) is 2.31. The van der Waals surface area contributed by atoms with Crippen LogP contribution in [-0.4, -0.2) is 4.98 Å². The lowest BCUT2D eigenvalue weighted by molar-refractivity contribution is 0.791. The second-order valence-corrected chi connectivity index (χ2v) is 2.73. The molecule has 0 saturated heterocycles. The van der Waals surface area contributed by atoms with Crippen LogP contribution in [0, 0.1) is 6.92 Å². The zero-order chi connectivity index (χ0) is 7.40. The molecule has 1 N–H and O–H groups in total. The Labute approximate surface area is 62.5 Å². The molecule has 0 fully saturated rings. The molecule has 0 bridgehead atoms. The summed E-state index contributed by atoms with van der Waals surface area (Å²) in [5.41, 5.74) is 2.80. The van der Waals surface area contributed by atoms with Gasteiger partial charge in [0.05, 0.1) is 0 Å². The van der Waals surface area contributed by atoms with Crippen LogP contribution < -0.4 is 0 Å². The number of H-pyrrole nitrogens is 1. The minimum absolute atomic E-state index is 1.23. The summed E-state index contributed by atoms with van der Waals surface area (Å²) >= 11 is 0. The Morgan fingerprint density at radius 1 is 1.50 bits per heavy atom. The lowest BCUT2D eigenvalue weighted by atomic mass is 10.1. The maximum absolute atomic E-state index is 3.18. The highest BCUT2D eigenvalue weighted by Gasteiger charge is 1.95. The lowest BCUT2D eigenvalue weighted by Gasteiger charge is -1.95. The third-order valence-corrected chi connectivity index (χ3v) is 1.87. The van der Waals surface area contributed by atoms with Gasteiger partial charge in [-0.05, 0) is 31.4 Å². The fraction of sp³-hybridized carbons (Fsp3) is 0.556. The summed E-state index contributed by atoms with van der Waals surface area (Å²) in [4.78, 5) is 3.18. The van der Waals surface area contributed by atoms with Gasteiger partial charge in [-0.3, -0.25) is 0 Å². The Morgan fingerprint density at radius 3 is 2.80 bits per heavy atom. The van der Waals surface area contributed by atoms with E-state index in [1.165, 1.54) is 30.5 Å². The van der Waals surface area contributed by atoms with Crippen molar-refractivity contribution in [3.05, 3.63) is 23.5 Å². The fourth-order valence-corrected chi connectivity index (χ4v) is 1.12. The zero-order valence-electron chi connectivity index (χ0n) is 6.78. The van der Waals surface area contributed by atoms with E-state index in [0.717, 1.165) is 0 Å². The number of hydrogen-bond donors (Lipinski definition) is 1. The maximum atomic E-state index is 3.18. The Kier molecular flexibility index (Phi) is 2.55. The summed E-state index contributed by atoms with van der Waals surface area (Å²) in [6.45, 7) is 4.35. The predicted octanol–water partition coefficient (Wildman–Crippen LogP) is 2.67. The maximum Gasteiger partial charge on any atom is 0.0148 e. The minimum atomic E-state index is 1.23. The van der Waals surface area contributed by atoms with Crippen molar-refractivity contribution in [2.45, 2.75) is 33.1 Å². The van der Waals surface area contributed by atoms with Crippen LogP contribution in [0.4, 0.5) is 0 Å². The quantitative estimate of drug-likeness (QED) is 0.659. The summed E-state index contributed by atoms with van der Waals surface area (Å²) < 4.78 is 0. The van der Waals surface area contributed by atoms with Crippen molar-refractivity contribution in [3.63, 3.8) is 0 Å². The number of aromatic nitrogens is 1. The number of nitrogens with one attached hydrogen (secondary N) is 1. The first-order valence-corrected chi connectivity index (χ1v) is 3.97. The molecule has 0 aliphatic rings. The molecule has 1 rings (SSSR count). The molecule has 0 aliphatic carbocycles. The van der Waals surface area contributed by atoms with Crippen molar-refractivity contribution in [2.24, 2.45) is 0 Å². The molecular formula is C9H15N. The van der Waals surface area contributed by atoms with Gasteiger partial charge < -0.3 is 4.98 Å². The summed E-state index contributed by atoms with van der Waals surface area (Å²) in [5.74, 6) is 0. The van der Waals surface area contributed by atoms with E-state index < -0.39 is 0 Å². The van der Waals surface area contributed by atoms with Crippen LogP contribution in [0.1, 0.15) is 31.0 Å². The van der Waals surface area contributed by atoms with E-state index in [2.05, 4.69) is 24.9 Å². The van der Waals surface area contributed by atoms with Crippen molar-refractivity contribution in [1.82, 2.24) is 4.98 Å². The van der Waals surface area contributed by atoms with E-state index in [0.29, 0.717) is 0 Å². The Hall–Kier alpha value is -0.720. The van der Waals surface area contributed by atoms with Crippen molar-refractivity contribution in [3.8, 4) is 0 Å². The summed E-state index contributed by atoms with van der Waals surface area (Å²) in [5, 5.41) is 0. The van der Waals surface area contributed by atoms with Gasteiger partial charge in [0.25, 0.3) is 0 Å². The van der Waals surface area contributed by atoms with Crippen LogP contribution in [0.15, 0.2) is 12.3 Å². The van der Waals surface area contributed by atoms with Gasteiger partial charge in [0.15, 0.2) is 0 Å². The monoisotopic (exact) mass is 137 g/mol. The highest BCUT2D eigenvalue weighted by atomic mass is 14.7. The van der Waals surface area contributed by atoms with E-state index in [4.69, 9.17) is 0 Å². The smallest absolute Gasteiger partial charge is 0.0148 e. The van der Waals surface area contributed by atoms with Gasteiger partial charge >= 0.3 is 0 Å². The van der Waals surface area contributed by atoms with Gasteiger partial charge in [-0.25, -0.2) is 0 Å². The van der Waals surface area contributed by atoms with Crippen LogP contribution in [0.2, 0.25) is 0 Å². The van der Waals surface area contributed by atoms with Crippen molar-refractivity contribution in [2.75, 3.05) is 0 Å². The molecule has 0 spiro atoms. The lowest BCUT2D eigenvalue weighted by Crippen LogP contribution is -1.84. The Bertz CT molecular complexity index is 188. The first kappa shape index (κ1) is 7.39. The number of hydrogen-bond acceptors (Lipinski definition) is 0. The molecule has 0 saturated carbocycles. The highest BCUT2D eigenvalue weighted by molar-refractivity contribution is 5.18. The number of aryl methyl sites for hydroxylation is 2. The molecule has 0 amide bonds. The summed E-state index contributed by atoms with van der Waals surface area (Å²) in [6.07, 6.45) is 5.83. The minimum Gasteiger partial charge on any atom is -0.365 e. The van der Waals surface area contributed by atoms with E-state index in [1.54, 1.807) is 0 Å². The molecule has 1 heteroatoms. The molecule has 10 heavy (non-hydrogen) atoms. The molecule has 0 unspecified atom stereocenters. The van der Waals surface area contributed by atoms with Crippen LogP contribution >= 0.6 is 0 Å². The second kappa shape index (κ2) is 3.45. The zero-order valence-corrected chi connectivity index (χ0v) is 6.78. The van der Waals surface area contributed by atoms with Gasteiger partial charge in [-0.1, -0.05) is 13.3 Å². The van der Waals surface area contributed by atoms with Gasteiger partial charge in [0, 0.05) is 11.9 Å². The fourth-order valence-electron chi connectivity index (χ4n) is 1.12. The molecule has 0 aromatic carbocycles. The van der Waals surface area contributed by atoms with E-state index >= 15 is 0 Å². The van der Waals surface area contributed by atoms with E-state index in [-0.39, 0.29) is 0 Å². The molecule has 1 nitrogen and oxygen atoms in total. The number of rotatable bonds is 3. The van der Waals surface area contributed by atoms with Crippen LogP contribution in [0.3, 0.4) is 0 Å². The summed E-state index contributed by atoms with van der Waals surface area (Å²) in [7, 11) is 0. The molecular weight excluding hydrogens is 122 g/mol. The largest absolute Gasteiger partial charge is 0.365 e. The number of aromatic amines is 1. The van der Waals surface area contributed by atoms with Crippen LogP contribution in [-0.2, 0) is 6.42 Å². The molecule has 1 aromatic rings. The normalized spacial score (nSPS) is 10.2. The number of unbranched alkanes of at least 4 members (excludes halogenated alkanes) is 1. The van der Waals surface area contributed by atoms with Gasteiger partial charge in [0.2, 0.25) is 0 Å². The Balaban J connectivity index is 2.49. The topological polar surface area (TPSA) is 15.8 Å². The highest BCUT2D eigenvalue weighted by Crippen LogP contribution is 2.08.